The Balaban J connectivity index is 1.93. The molecule has 18 heavy (non-hydrogen) atoms. The van der Waals surface area contributed by atoms with Crippen molar-refractivity contribution in [3.63, 3.8) is 0 Å². The molecule has 0 bridgehead atoms. The Morgan fingerprint density at radius 2 is 2.22 bits per heavy atom. The highest BCUT2D eigenvalue weighted by Gasteiger charge is 2.05. The number of nitrogens with zero attached hydrogens (tertiary/aromatic N) is 4. The van der Waals surface area contributed by atoms with Crippen LogP contribution in [0.15, 0.2) is 17.0 Å². The van der Waals surface area contributed by atoms with Gasteiger partial charge in [0.15, 0.2) is 6.33 Å². The second kappa shape index (κ2) is 6.15. The summed E-state index contributed by atoms with van der Waals surface area (Å²) in [6, 6.07) is 0. The Kier molecular flexibility index (Phi) is 4.30. The number of rotatable bonds is 6. The van der Waals surface area contributed by atoms with Crippen molar-refractivity contribution < 1.29 is 4.52 Å². The maximum atomic E-state index is 5.99. The molecule has 8 heteroatoms. The molecule has 2 N–H and O–H groups in total. The second-order valence-corrected chi connectivity index (χ2v) is 3.84. The Morgan fingerprint density at radius 3 is 2.94 bits per heavy atom. The lowest BCUT2D eigenvalue weighted by molar-refractivity contribution is 0.379. The van der Waals surface area contributed by atoms with Crippen LogP contribution >= 0.6 is 11.6 Å². The number of hydrogen-bond donors (Lipinski definition) is 2. The molecule has 0 aliphatic rings. The maximum absolute atomic E-state index is 5.99. The fourth-order valence-electron chi connectivity index (χ4n) is 1.33. The first-order chi connectivity index (χ1) is 8.79. The minimum Gasteiger partial charge on any atom is -0.368 e. The molecule has 0 radical (unpaired) electrons. The highest BCUT2D eigenvalue weighted by molar-refractivity contribution is 6.32. The number of nitrogens with one attached hydrogen (secondary N) is 2. The highest BCUT2D eigenvalue weighted by atomic mass is 35.5. The number of hydrogen-bond acceptors (Lipinski definition) is 7. The van der Waals surface area contributed by atoms with E-state index in [1.165, 1.54) is 6.33 Å². The standard InChI is InChI=1S/C10H13ClN6O/c1-2-12-10-14-5-7(11)9(17-10)13-4-3-8-15-6-16-18-8/h5-6H,2-4H2,1H3,(H2,12,13,14,17). The van der Waals surface area contributed by atoms with Gasteiger partial charge in [-0.05, 0) is 6.92 Å². The molecule has 0 saturated heterocycles. The Labute approximate surface area is 109 Å². The number of anilines is 2. The minimum atomic E-state index is 0.474. The fourth-order valence-corrected chi connectivity index (χ4v) is 1.49. The number of halogens is 1. The normalized spacial score (nSPS) is 10.3. The van der Waals surface area contributed by atoms with E-state index >= 15 is 0 Å². The third-order valence-corrected chi connectivity index (χ3v) is 2.39. The fraction of sp³-hybridized carbons (Fsp3) is 0.400. The van der Waals surface area contributed by atoms with Crippen molar-refractivity contribution in [2.24, 2.45) is 0 Å². The van der Waals surface area contributed by atoms with Gasteiger partial charge in [-0.3, -0.25) is 0 Å². The van der Waals surface area contributed by atoms with Crippen molar-refractivity contribution in [3.05, 3.63) is 23.4 Å². The van der Waals surface area contributed by atoms with E-state index < -0.39 is 0 Å². The third kappa shape index (κ3) is 3.30. The molecule has 0 fully saturated rings. The van der Waals surface area contributed by atoms with Crippen LogP contribution in [0, 0.1) is 0 Å². The first-order valence-electron chi connectivity index (χ1n) is 5.55. The van der Waals surface area contributed by atoms with Crippen molar-refractivity contribution in [2.45, 2.75) is 13.3 Å². The average molecular weight is 269 g/mol. The zero-order chi connectivity index (χ0) is 12.8. The smallest absolute Gasteiger partial charge is 0.228 e. The molecule has 0 spiro atoms. The first kappa shape index (κ1) is 12.6. The number of aromatic nitrogens is 4. The van der Waals surface area contributed by atoms with Crippen LogP contribution < -0.4 is 10.6 Å². The van der Waals surface area contributed by atoms with Gasteiger partial charge in [-0.15, -0.1) is 0 Å². The van der Waals surface area contributed by atoms with E-state index in [1.54, 1.807) is 6.20 Å². The minimum absolute atomic E-state index is 0.474. The summed E-state index contributed by atoms with van der Waals surface area (Å²) >= 11 is 5.99. The summed E-state index contributed by atoms with van der Waals surface area (Å²) in [4.78, 5) is 12.2. The second-order valence-electron chi connectivity index (χ2n) is 3.43. The van der Waals surface area contributed by atoms with Gasteiger partial charge in [-0.25, -0.2) is 4.98 Å². The van der Waals surface area contributed by atoms with E-state index in [9.17, 15) is 0 Å². The lowest BCUT2D eigenvalue weighted by atomic mass is 10.4. The Morgan fingerprint density at radius 1 is 1.33 bits per heavy atom. The molecule has 0 amide bonds. The molecule has 96 valence electrons. The van der Waals surface area contributed by atoms with Crippen LogP contribution in [-0.2, 0) is 6.42 Å². The summed E-state index contributed by atoms with van der Waals surface area (Å²) in [6.07, 6.45) is 3.54. The van der Waals surface area contributed by atoms with Crippen molar-refractivity contribution in [1.82, 2.24) is 20.1 Å². The largest absolute Gasteiger partial charge is 0.368 e. The molecule has 0 aliphatic heterocycles. The van der Waals surface area contributed by atoms with Crippen LogP contribution in [0.1, 0.15) is 12.8 Å². The van der Waals surface area contributed by atoms with Crippen LogP contribution in [0.25, 0.3) is 0 Å². The van der Waals surface area contributed by atoms with E-state index in [-0.39, 0.29) is 0 Å². The predicted molar refractivity (Wildman–Crippen MR) is 67.7 cm³/mol. The van der Waals surface area contributed by atoms with Gasteiger partial charge in [-0.2, -0.15) is 9.97 Å². The molecule has 0 unspecified atom stereocenters. The van der Waals surface area contributed by atoms with Crippen molar-refractivity contribution >= 4 is 23.4 Å². The van der Waals surface area contributed by atoms with Crippen molar-refractivity contribution in [2.75, 3.05) is 23.7 Å². The Hall–Kier alpha value is -1.89. The maximum Gasteiger partial charge on any atom is 0.228 e. The van der Waals surface area contributed by atoms with E-state index in [4.69, 9.17) is 16.1 Å². The lowest BCUT2D eigenvalue weighted by Crippen LogP contribution is -2.09. The molecule has 0 aromatic carbocycles. The molecule has 2 aromatic heterocycles. The van der Waals surface area contributed by atoms with Gasteiger partial charge < -0.3 is 15.2 Å². The monoisotopic (exact) mass is 268 g/mol. The van der Waals surface area contributed by atoms with Gasteiger partial charge in [0, 0.05) is 19.5 Å². The van der Waals surface area contributed by atoms with Crippen LogP contribution in [0.5, 0.6) is 0 Å². The van der Waals surface area contributed by atoms with Crippen LogP contribution in [0.4, 0.5) is 11.8 Å². The molecular weight excluding hydrogens is 256 g/mol. The van der Waals surface area contributed by atoms with E-state index in [0.717, 1.165) is 6.54 Å². The molecule has 0 aliphatic carbocycles. The SMILES string of the molecule is CCNc1ncc(Cl)c(NCCc2ncno2)n1. The van der Waals surface area contributed by atoms with Crippen molar-refractivity contribution in [1.29, 1.82) is 0 Å². The van der Waals surface area contributed by atoms with Gasteiger partial charge >= 0.3 is 0 Å². The predicted octanol–water partition coefficient (Wildman–Crippen LogP) is 1.60. The van der Waals surface area contributed by atoms with Crippen LogP contribution in [0.2, 0.25) is 5.02 Å². The third-order valence-electron chi connectivity index (χ3n) is 2.12. The Bertz CT molecular complexity index is 489. The topological polar surface area (TPSA) is 88.8 Å². The summed E-state index contributed by atoms with van der Waals surface area (Å²) in [5.74, 6) is 1.70. The van der Waals surface area contributed by atoms with Crippen molar-refractivity contribution in [3.8, 4) is 0 Å². The van der Waals surface area contributed by atoms with Gasteiger partial charge in [0.25, 0.3) is 0 Å². The van der Waals surface area contributed by atoms with Gasteiger partial charge in [-0.1, -0.05) is 16.8 Å². The molecule has 2 rings (SSSR count). The average Bonchev–Trinajstić information content (AvgIpc) is 2.86. The molecular formula is C10H13ClN6O. The summed E-state index contributed by atoms with van der Waals surface area (Å²) < 4.78 is 4.88. The lowest BCUT2D eigenvalue weighted by Gasteiger charge is -2.08. The first-order valence-corrected chi connectivity index (χ1v) is 5.93. The van der Waals surface area contributed by atoms with Gasteiger partial charge in [0.05, 0.1) is 6.20 Å². The zero-order valence-electron chi connectivity index (χ0n) is 9.85. The summed E-state index contributed by atoms with van der Waals surface area (Å²) in [7, 11) is 0. The van der Waals surface area contributed by atoms with Crippen LogP contribution in [0.3, 0.4) is 0 Å². The highest BCUT2D eigenvalue weighted by Crippen LogP contribution is 2.19. The molecule has 2 aromatic rings. The van der Waals surface area contributed by atoms with E-state index in [1.807, 2.05) is 6.92 Å². The van der Waals surface area contributed by atoms with Crippen LogP contribution in [-0.4, -0.2) is 33.2 Å². The summed E-state index contributed by atoms with van der Waals surface area (Å²) in [5, 5.41) is 10.1. The molecule has 7 nitrogen and oxygen atoms in total. The molecule has 2 heterocycles. The van der Waals surface area contributed by atoms with Gasteiger partial charge in [0.1, 0.15) is 10.8 Å². The van der Waals surface area contributed by atoms with E-state index in [2.05, 4.69) is 30.7 Å². The summed E-state index contributed by atoms with van der Waals surface area (Å²) in [5.41, 5.74) is 0. The summed E-state index contributed by atoms with van der Waals surface area (Å²) in [6.45, 7) is 3.33. The zero-order valence-corrected chi connectivity index (χ0v) is 10.6. The van der Waals surface area contributed by atoms with Gasteiger partial charge in [0.2, 0.25) is 11.8 Å². The molecule has 0 saturated carbocycles. The van der Waals surface area contributed by atoms with E-state index in [0.29, 0.717) is 35.6 Å². The molecule has 0 atom stereocenters. The quantitative estimate of drug-likeness (QED) is 0.822.